The van der Waals surface area contributed by atoms with E-state index in [1.165, 1.54) is 31.3 Å². The molecule has 1 atom stereocenters. The van der Waals surface area contributed by atoms with Crippen LogP contribution in [0.25, 0.3) is 0 Å². The fourth-order valence-electron chi connectivity index (χ4n) is 2.74. The van der Waals surface area contributed by atoms with Gasteiger partial charge in [0.05, 0.1) is 0 Å². The van der Waals surface area contributed by atoms with E-state index >= 15 is 0 Å². The third-order valence-corrected chi connectivity index (χ3v) is 3.55. The third kappa shape index (κ3) is 0.627. The molecule has 0 saturated heterocycles. The van der Waals surface area contributed by atoms with E-state index < -0.39 is 0 Å². The standard InChI is InChI=1S/C10H11.Ru.3H/c1-7-6-8-2-4-10(8)5-3-9(7)10;;;;/h2-5H2,1H3;;;;/q-1;+4;3*-1. The monoisotopic (exact) mass is 236 g/mol. The van der Waals surface area contributed by atoms with E-state index in [9.17, 15) is 0 Å². The van der Waals surface area contributed by atoms with Crippen molar-refractivity contribution in [1.29, 1.82) is 0 Å². The summed E-state index contributed by atoms with van der Waals surface area (Å²) < 4.78 is 0. The molecule has 3 aliphatic rings. The molecule has 62 valence electrons. The Hall–Kier alpha value is 0.0134. The molecule has 0 aliphatic heterocycles. The van der Waals surface area contributed by atoms with Crippen molar-refractivity contribution in [2.24, 2.45) is 5.41 Å². The molecule has 0 heterocycles. The van der Waals surface area contributed by atoms with Crippen LogP contribution in [0.2, 0.25) is 0 Å². The summed E-state index contributed by atoms with van der Waals surface area (Å²) in [7, 11) is 0. The molecule has 11 heavy (non-hydrogen) atoms. The van der Waals surface area contributed by atoms with E-state index in [4.69, 9.17) is 0 Å². The van der Waals surface area contributed by atoms with Crippen LogP contribution in [0.5, 0.6) is 0 Å². The van der Waals surface area contributed by atoms with Crippen LogP contribution < -0.4 is 0 Å². The molecule has 0 aromatic heterocycles. The van der Waals surface area contributed by atoms with Gasteiger partial charge in [0.2, 0.25) is 0 Å². The Balaban J connectivity index is 0. The summed E-state index contributed by atoms with van der Waals surface area (Å²) in [6, 6.07) is 0. The van der Waals surface area contributed by atoms with Crippen LogP contribution in [0.1, 0.15) is 36.9 Å². The molecule has 2 fully saturated rings. The Morgan fingerprint density at radius 1 is 1.55 bits per heavy atom. The van der Waals surface area contributed by atoms with Crippen LogP contribution in [-0.4, -0.2) is 0 Å². The molecule has 0 amide bonds. The van der Waals surface area contributed by atoms with Gasteiger partial charge in [-0.1, -0.05) is 31.6 Å². The minimum absolute atomic E-state index is 0. The predicted octanol–water partition coefficient (Wildman–Crippen LogP) is 2.96. The van der Waals surface area contributed by atoms with Gasteiger partial charge in [0.1, 0.15) is 0 Å². The van der Waals surface area contributed by atoms with Crippen LogP contribution in [0.3, 0.4) is 0 Å². The van der Waals surface area contributed by atoms with E-state index in [0.29, 0.717) is 5.41 Å². The summed E-state index contributed by atoms with van der Waals surface area (Å²) >= 11 is 0. The maximum absolute atomic E-state index is 3.50. The van der Waals surface area contributed by atoms with Crippen molar-refractivity contribution >= 4 is 0 Å². The molecule has 0 bridgehead atoms. The molecular formula is C10H14Ru. The summed E-state index contributed by atoms with van der Waals surface area (Å²) in [5.74, 6) is 1.73. The van der Waals surface area contributed by atoms with Crippen molar-refractivity contribution in [2.45, 2.75) is 32.6 Å². The van der Waals surface area contributed by atoms with Gasteiger partial charge < -0.3 is 10.0 Å². The number of hydrogen-bond acceptors (Lipinski definition) is 0. The fraction of sp³-hybridized carbons (Fsp3) is 0.600. The average Bonchev–Trinajstić information content (AvgIpc) is 1.86. The minimum Gasteiger partial charge on any atom is -1.00 e. The van der Waals surface area contributed by atoms with Crippen molar-refractivity contribution < 1.29 is 23.8 Å². The first-order chi connectivity index (χ1) is 4.83. The largest absolute Gasteiger partial charge is 4.00 e. The summed E-state index contributed by atoms with van der Waals surface area (Å²) in [5.41, 5.74) is 7.23. The Bertz CT molecular complexity index is 277. The van der Waals surface area contributed by atoms with Crippen LogP contribution in [0.4, 0.5) is 0 Å². The molecule has 1 spiro atoms. The van der Waals surface area contributed by atoms with Gasteiger partial charge in [-0.15, -0.1) is 5.57 Å². The molecule has 1 heteroatoms. The zero-order valence-corrected chi connectivity index (χ0v) is 8.42. The van der Waals surface area contributed by atoms with E-state index in [1.54, 1.807) is 11.5 Å². The smallest absolute Gasteiger partial charge is 1.00 e. The van der Waals surface area contributed by atoms with Crippen molar-refractivity contribution in [3.05, 3.63) is 22.8 Å². The van der Waals surface area contributed by atoms with Gasteiger partial charge in [0.15, 0.2) is 0 Å². The Morgan fingerprint density at radius 3 is 2.64 bits per heavy atom. The quantitative estimate of drug-likeness (QED) is 0.344. The predicted molar refractivity (Wildman–Crippen MR) is 43.7 cm³/mol. The van der Waals surface area contributed by atoms with Gasteiger partial charge in [-0.3, -0.25) is 0 Å². The second-order valence-electron chi connectivity index (χ2n) is 3.79. The van der Waals surface area contributed by atoms with Gasteiger partial charge in [-0.25, -0.2) is 0 Å². The van der Waals surface area contributed by atoms with E-state index in [-0.39, 0.29) is 23.8 Å². The summed E-state index contributed by atoms with van der Waals surface area (Å²) in [5, 5.41) is 0. The van der Waals surface area contributed by atoms with Crippen LogP contribution in [0.15, 0.2) is 16.9 Å². The van der Waals surface area contributed by atoms with Crippen molar-refractivity contribution in [1.82, 2.24) is 0 Å². The molecule has 0 aromatic rings. The summed E-state index contributed by atoms with van der Waals surface area (Å²) in [6.45, 7) is 2.22. The van der Waals surface area contributed by atoms with Crippen LogP contribution >= 0.6 is 0 Å². The molecule has 0 N–H and O–H groups in total. The van der Waals surface area contributed by atoms with Crippen molar-refractivity contribution in [2.75, 3.05) is 0 Å². The molecule has 0 radical (unpaired) electrons. The molecule has 0 nitrogen and oxygen atoms in total. The summed E-state index contributed by atoms with van der Waals surface area (Å²) in [4.78, 5) is 0. The fourth-order valence-corrected chi connectivity index (χ4v) is 2.74. The van der Waals surface area contributed by atoms with E-state index in [2.05, 4.69) is 12.7 Å². The molecule has 2 saturated carbocycles. The molecule has 1 unspecified atom stereocenters. The number of hydrogen-bond donors (Lipinski definition) is 0. The van der Waals surface area contributed by atoms with E-state index in [1.807, 2.05) is 0 Å². The van der Waals surface area contributed by atoms with Crippen LogP contribution in [-0.2, 0) is 19.5 Å². The molecule has 3 rings (SSSR count). The Kier molecular flexibility index (Phi) is 1.41. The second-order valence-corrected chi connectivity index (χ2v) is 3.79. The topological polar surface area (TPSA) is 0 Å². The van der Waals surface area contributed by atoms with Gasteiger partial charge >= 0.3 is 19.5 Å². The SMILES string of the molecule is CC1=C=C2CCC23CC[C-]13.[H-].[H-].[H-].[Ru+4]. The maximum atomic E-state index is 3.50. The average molecular weight is 235 g/mol. The van der Waals surface area contributed by atoms with Crippen molar-refractivity contribution in [3.63, 3.8) is 0 Å². The van der Waals surface area contributed by atoms with Gasteiger partial charge in [0, 0.05) is 0 Å². The third-order valence-electron chi connectivity index (χ3n) is 3.55. The summed E-state index contributed by atoms with van der Waals surface area (Å²) in [6.07, 6.45) is 5.56. The number of rotatable bonds is 0. The minimum atomic E-state index is 0. The van der Waals surface area contributed by atoms with Crippen molar-refractivity contribution in [3.8, 4) is 0 Å². The number of allylic oxidation sites excluding steroid dienone is 1. The second kappa shape index (κ2) is 2.03. The molecular weight excluding hydrogens is 221 g/mol. The molecule has 0 aromatic carbocycles. The first-order valence-corrected chi connectivity index (χ1v) is 4.16. The van der Waals surface area contributed by atoms with E-state index in [0.717, 1.165) is 0 Å². The zero-order valence-electron chi connectivity index (χ0n) is 9.68. The Morgan fingerprint density at radius 2 is 2.36 bits per heavy atom. The maximum Gasteiger partial charge on any atom is 4.00 e. The normalized spacial score (nSPS) is 37.0. The molecule has 3 aliphatic carbocycles. The van der Waals surface area contributed by atoms with Gasteiger partial charge in [-0.2, -0.15) is 11.5 Å². The first kappa shape index (κ1) is 7.65. The Labute approximate surface area is 85.0 Å². The zero-order chi connectivity index (χ0) is 6.77. The van der Waals surface area contributed by atoms with Gasteiger partial charge in [-0.05, 0) is 6.42 Å². The van der Waals surface area contributed by atoms with Crippen LogP contribution in [0, 0.1) is 11.3 Å². The van der Waals surface area contributed by atoms with Gasteiger partial charge in [0.25, 0.3) is 0 Å². The first-order valence-electron chi connectivity index (χ1n) is 4.16.